The molecule has 0 saturated heterocycles. The van der Waals surface area contributed by atoms with Gasteiger partial charge in [0.1, 0.15) is 5.82 Å². The van der Waals surface area contributed by atoms with Crippen molar-refractivity contribution in [3.63, 3.8) is 0 Å². The summed E-state index contributed by atoms with van der Waals surface area (Å²) in [5.41, 5.74) is 5.00. The first-order chi connectivity index (χ1) is 5.27. The summed E-state index contributed by atoms with van der Waals surface area (Å²) >= 11 is 0. The quantitative estimate of drug-likeness (QED) is 0.579. The van der Waals surface area contributed by atoms with Crippen molar-refractivity contribution in [3.05, 3.63) is 11.6 Å². The Morgan fingerprint density at radius 3 is 3.09 bits per heavy atom. The molecule has 1 aromatic heterocycles. The highest BCUT2D eigenvalue weighted by Gasteiger charge is 2.17. The van der Waals surface area contributed by atoms with Gasteiger partial charge in [0.25, 0.3) is 5.91 Å². The van der Waals surface area contributed by atoms with Gasteiger partial charge in [-0.3, -0.25) is 4.79 Å². The summed E-state index contributed by atoms with van der Waals surface area (Å²) in [7, 11) is 0. The Morgan fingerprint density at radius 1 is 1.64 bits per heavy atom. The number of aromatic nitrogens is 3. The van der Waals surface area contributed by atoms with E-state index < -0.39 is 5.91 Å². The van der Waals surface area contributed by atoms with Gasteiger partial charge in [-0.1, -0.05) is 0 Å². The summed E-state index contributed by atoms with van der Waals surface area (Å²) in [5, 5.41) is 3.92. The van der Waals surface area contributed by atoms with E-state index in [9.17, 15) is 4.79 Å². The lowest BCUT2D eigenvalue weighted by Crippen LogP contribution is -2.13. The number of nitrogens with zero attached hydrogens (tertiary/aromatic N) is 3. The molecule has 0 saturated carbocycles. The van der Waals surface area contributed by atoms with Gasteiger partial charge in [-0.05, 0) is 6.42 Å². The predicted molar refractivity (Wildman–Crippen MR) is 36.9 cm³/mol. The lowest BCUT2D eigenvalue weighted by Gasteiger charge is -1.87. The van der Waals surface area contributed by atoms with Crippen molar-refractivity contribution >= 4 is 5.91 Å². The van der Waals surface area contributed by atoms with Gasteiger partial charge in [0, 0.05) is 13.0 Å². The largest absolute Gasteiger partial charge is 0.363 e. The monoisotopic (exact) mass is 152 g/mol. The second-order valence-electron chi connectivity index (χ2n) is 2.54. The van der Waals surface area contributed by atoms with E-state index in [0.29, 0.717) is 0 Å². The van der Waals surface area contributed by atoms with Gasteiger partial charge in [0.15, 0.2) is 0 Å². The number of amides is 1. The van der Waals surface area contributed by atoms with Gasteiger partial charge in [-0.25, -0.2) is 9.67 Å². The fourth-order valence-corrected chi connectivity index (χ4v) is 1.23. The minimum atomic E-state index is -0.549. The van der Waals surface area contributed by atoms with E-state index in [1.807, 2.05) is 0 Å². The van der Waals surface area contributed by atoms with Gasteiger partial charge in [0.2, 0.25) is 5.82 Å². The number of hydrogen-bond acceptors (Lipinski definition) is 3. The molecule has 1 amide bonds. The molecule has 0 radical (unpaired) electrons. The molecule has 5 heteroatoms. The number of carbonyl (C=O) groups excluding carboxylic acids is 1. The SMILES string of the molecule is NC(=O)c1nc2n(n1)CCC2. The van der Waals surface area contributed by atoms with Gasteiger partial charge in [0.05, 0.1) is 0 Å². The molecule has 0 aromatic carbocycles. The van der Waals surface area contributed by atoms with E-state index in [1.165, 1.54) is 0 Å². The normalized spacial score (nSPS) is 14.9. The van der Waals surface area contributed by atoms with Crippen LogP contribution in [0.5, 0.6) is 0 Å². The van der Waals surface area contributed by atoms with Gasteiger partial charge in [-0.15, -0.1) is 5.10 Å². The third-order valence-electron chi connectivity index (χ3n) is 1.74. The third kappa shape index (κ3) is 0.886. The van der Waals surface area contributed by atoms with E-state index in [2.05, 4.69) is 10.1 Å². The number of nitrogens with two attached hydrogens (primary N) is 1. The maximum absolute atomic E-state index is 10.6. The molecule has 1 aliphatic rings. The summed E-state index contributed by atoms with van der Waals surface area (Å²) in [6.07, 6.45) is 1.97. The summed E-state index contributed by atoms with van der Waals surface area (Å²) in [5.74, 6) is 0.463. The predicted octanol–water partition coefficient (Wildman–Crippen LogP) is -0.677. The molecule has 5 nitrogen and oxygen atoms in total. The van der Waals surface area contributed by atoms with Crippen molar-refractivity contribution in [3.8, 4) is 0 Å². The first kappa shape index (κ1) is 6.33. The van der Waals surface area contributed by atoms with E-state index >= 15 is 0 Å². The fourth-order valence-electron chi connectivity index (χ4n) is 1.23. The van der Waals surface area contributed by atoms with Crippen LogP contribution in [0.25, 0.3) is 0 Å². The first-order valence-corrected chi connectivity index (χ1v) is 3.51. The number of carbonyl (C=O) groups is 1. The highest BCUT2D eigenvalue weighted by atomic mass is 16.1. The van der Waals surface area contributed by atoms with Crippen LogP contribution >= 0.6 is 0 Å². The minimum Gasteiger partial charge on any atom is -0.363 e. The molecular weight excluding hydrogens is 144 g/mol. The number of primary amides is 1. The molecule has 1 aromatic rings. The second kappa shape index (κ2) is 2.05. The van der Waals surface area contributed by atoms with Crippen LogP contribution in [-0.2, 0) is 13.0 Å². The zero-order chi connectivity index (χ0) is 7.84. The molecule has 0 aliphatic carbocycles. The van der Waals surface area contributed by atoms with Crippen molar-refractivity contribution in [2.24, 2.45) is 5.73 Å². The van der Waals surface area contributed by atoms with Crippen LogP contribution in [-0.4, -0.2) is 20.7 Å². The number of rotatable bonds is 1. The number of fused-ring (bicyclic) bond motifs is 1. The van der Waals surface area contributed by atoms with Gasteiger partial charge < -0.3 is 5.73 Å². The Labute approximate surface area is 63.2 Å². The topological polar surface area (TPSA) is 73.8 Å². The molecule has 0 bridgehead atoms. The maximum atomic E-state index is 10.6. The second-order valence-corrected chi connectivity index (χ2v) is 2.54. The van der Waals surface area contributed by atoms with Crippen molar-refractivity contribution in [2.45, 2.75) is 19.4 Å². The Balaban J connectivity index is 2.42. The van der Waals surface area contributed by atoms with Crippen LogP contribution < -0.4 is 5.73 Å². The molecule has 1 aliphatic heterocycles. The summed E-state index contributed by atoms with van der Waals surface area (Å²) < 4.78 is 1.74. The lowest BCUT2D eigenvalue weighted by atomic mass is 10.4. The van der Waals surface area contributed by atoms with Crippen molar-refractivity contribution < 1.29 is 4.79 Å². The highest BCUT2D eigenvalue weighted by Crippen LogP contribution is 2.10. The van der Waals surface area contributed by atoms with Gasteiger partial charge >= 0.3 is 0 Å². The molecular formula is C6H8N4O. The number of hydrogen-bond donors (Lipinski definition) is 1. The average molecular weight is 152 g/mol. The van der Waals surface area contributed by atoms with E-state index in [0.717, 1.165) is 25.2 Å². The summed E-state index contributed by atoms with van der Waals surface area (Å²) in [6.45, 7) is 0.857. The Morgan fingerprint density at radius 2 is 2.45 bits per heavy atom. The third-order valence-corrected chi connectivity index (χ3v) is 1.74. The van der Waals surface area contributed by atoms with Crippen molar-refractivity contribution in [2.75, 3.05) is 0 Å². The maximum Gasteiger partial charge on any atom is 0.288 e. The Hall–Kier alpha value is -1.39. The Bertz CT molecular complexity index is 282. The first-order valence-electron chi connectivity index (χ1n) is 3.51. The molecule has 2 rings (SSSR count). The van der Waals surface area contributed by atoms with E-state index in [1.54, 1.807) is 4.68 Å². The van der Waals surface area contributed by atoms with Gasteiger partial charge in [-0.2, -0.15) is 0 Å². The average Bonchev–Trinajstić information content (AvgIpc) is 2.40. The van der Waals surface area contributed by atoms with Crippen LogP contribution in [0.4, 0.5) is 0 Å². The molecule has 0 spiro atoms. The van der Waals surface area contributed by atoms with Crippen LogP contribution in [0, 0.1) is 0 Å². The molecule has 11 heavy (non-hydrogen) atoms. The molecule has 58 valence electrons. The fraction of sp³-hybridized carbons (Fsp3) is 0.500. The number of aryl methyl sites for hydroxylation is 2. The smallest absolute Gasteiger partial charge is 0.288 e. The van der Waals surface area contributed by atoms with E-state index in [4.69, 9.17) is 5.73 Å². The Kier molecular flexibility index (Phi) is 1.18. The molecule has 0 atom stereocenters. The van der Waals surface area contributed by atoms with Crippen LogP contribution in [0.1, 0.15) is 22.9 Å². The summed E-state index contributed by atoms with van der Waals surface area (Å²) in [6, 6.07) is 0. The van der Waals surface area contributed by atoms with Crippen molar-refractivity contribution in [1.82, 2.24) is 14.8 Å². The van der Waals surface area contributed by atoms with Crippen LogP contribution in [0.15, 0.2) is 0 Å². The molecule has 2 N–H and O–H groups in total. The standard InChI is InChI=1S/C6H8N4O/c7-5(11)6-8-4-2-1-3-10(4)9-6/h1-3H2,(H2,7,11). The molecule has 0 unspecified atom stereocenters. The molecule has 2 heterocycles. The minimum absolute atomic E-state index is 0.139. The lowest BCUT2D eigenvalue weighted by molar-refractivity contribution is 0.0990. The van der Waals surface area contributed by atoms with E-state index in [-0.39, 0.29) is 5.82 Å². The summed E-state index contributed by atoms with van der Waals surface area (Å²) in [4.78, 5) is 14.6. The van der Waals surface area contributed by atoms with Crippen LogP contribution in [0.3, 0.4) is 0 Å². The van der Waals surface area contributed by atoms with Crippen molar-refractivity contribution in [1.29, 1.82) is 0 Å². The highest BCUT2D eigenvalue weighted by molar-refractivity contribution is 5.88. The molecule has 0 fully saturated rings. The van der Waals surface area contributed by atoms with Crippen LogP contribution in [0.2, 0.25) is 0 Å². The zero-order valence-corrected chi connectivity index (χ0v) is 5.95. The zero-order valence-electron chi connectivity index (χ0n) is 5.95.